The van der Waals surface area contributed by atoms with Crippen molar-refractivity contribution >= 4 is 15.9 Å². The van der Waals surface area contributed by atoms with Gasteiger partial charge in [-0.2, -0.15) is 13.2 Å². The zero-order valence-corrected chi connectivity index (χ0v) is 10.5. The minimum Gasteiger partial charge on any atom is -0.457 e. The molecule has 2 aromatic heterocycles. The van der Waals surface area contributed by atoms with Crippen molar-refractivity contribution in [1.82, 2.24) is 4.98 Å². The Labute approximate surface area is 109 Å². The smallest absolute Gasteiger partial charge is 0.416 e. The average molecular weight is 321 g/mol. The molecule has 0 saturated heterocycles. The molecule has 0 aliphatic rings. The molecule has 2 rings (SSSR count). The minimum atomic E-state index is -4.47. The summed E-state index contributed by atoms with van der Waals surface area (Å²) in [5, 5.41) is 0. The van der Waals surface area contributed by atoms with Crippen molar-refractivity contribution in [2.45, 2.75) is 12.2 Å². The first kappa shape index (κ1) is 13.1. The molecular formula is C11H8BrF3N2O. The number of hydrogen-bond acceptors (Lipinski definition) is 3. The average Bonchev–Trinajstić information content (AvgIpc) is 2.73. The molecule has 0 amide bonds. The van der Waals surface area contributed by atoms with E-state index in [4.69, 9.17) is 10.2 Å². The number of nitrogens with zero attached hydrogens (tertiary/aromatic N) is 1. The van der Waals surface area contributed by atoms with Crippen LogP contribution in [0.3, 0.4) is 0 Å². The molecule has 96 valence electrons. The van der Waals surface area contributed by atoms with Gasteiger partial charge >= 0.3 is 6.18 Å². The Morgan fingerprint density at radius 2 is 2.00 bits per heavy atom. The van der Waals surface area contributed by atoms with Crippen molar-refractivity contribution in [2.75, 3.05) is 0 Å². The lowest BCUT2D eigenvalue weighted by molar-refractivity contribution is -0.138. The molecule has 0 spiro atoms. The SMILES string of the molecule is NC(c1cnccc1C(F)(F)F)c1ccoc1Br. The summed E-state index contributed by atoms with van der Waals surface area (Å²) < 4.78 is 43.8. The highest BCUT2D eigenvalue weighted by molar-refractivity contribution is 9.10. The van der Waals surface area contributed by atoms with Crippen molar-refractivity contribution in [3.8, 4) is 0 Å². The normalized spacial score (nSPS) is 13.6. The fourth-order valence-electron chi connectivity index (χ4n) is 1.61. The van der Waals surface area contributed by atoms with Crippen molar-refractivity contribution in [1.29, 1.82) is 0 Å². The van der Waals surface area contributed by atoms with E-state index in [-0.39, 0.29) is 5.56 Å². The molecule has 0 aliphatic carbocycles. The highest BCUT2D eigenvalue weighted by atomic mass is 79.9. The summed E-state index contributed by atoms with van der Waals surface area (Å²) in [5.74, 6) is 0. The fourth-order valence-corrected chi connectivity index (χ4v) is 2.09. The van der Waals surface area contributed by atoms with Crippen molar-refractivity contribution < 1.29 is 17.6 Å². The van der Waals surface area contributed by atoms with E-state index in [2.05, 4.69) is 20.9 Å². The molecule has 0 aromatic carbocycles. The minimum absolute atomic E-state index is 0.0906. The monoisotopic (exact) mass is 320 g/mol. The van der Waals surface area contributed by atoms with E-state index in [1.54, 1.807) is 0 Å². The zero-order chi connectivity index (χ0) is 13.3. The number of furan rings is 1. The van der Waals surface area contributed by atoms with Crippen LogP contribution in [0.1, 0.15) is 22.7 Å². The Bertz CT molecular complexity index is 553. The molecule has 2 N–H and O–H groups in total. The van der Waals surface area contributed by atoms with Gasteiger partial charge in [-0.05, 0) is 28.1 Å². The summed E-state index contributed by atoms with van der Waals surface area (Å²) in [6, 6.07) is 1.47. The number of alkyl halides is 3. The second kappa shape index (κ2) is 4.74. The number of halogens is 4. The molecule has 1 unspecified atom stereocenters. The maximum atomic E-state index is 12.8. The van der Waals surface area contributed by atoms with Gasteiger partial charge in [-0.1, -0.05) is 0 Å². The van der Waals surface area contributed by atoms with Gasteiger partial charge in [0.2, 0.25) is 0 Å². The summed E-state index contributed by atoms with van der Waals surface area (Å²) >= 11 is 3.09. The molecule has 0 fully saturated rings. The first-order valence-electron chi connectivity index (χ1n) is 4.91. The third kappa shape index (κ3) is 2.41. The summed E-state index contributed by atoms with van der Waals surface area (Å²) in [4.78, 5) is 3.69. The molecule has 1 atom stereocenters. The predicted octanol–water partition coefficient (Wildman–Crippen LogP) is 3.50. The Kier molecular flexibility index (Phi) is 3.45. The molecule has 0 radical (unpaired) electrons. The molecule has 0 bridgehead atoms. The Balaban J connectivity index is 2.49. The maximum Gasteiger partial charge on any atom is 0.416 e. The van der Waals surface area contributed by atoms with E-state index in [1.165, 1.54) is 12.3 Å². The fraction of sp³-hybridized carbons (Fsp3) is 0.182. The quantitative estimate of drug-likeness (QED) is 0.921. The second-order valence-corrected chi connectivity index (χ2v) is 4.31. The number of aromatic nitrogens is 1. The lowest BCUT2D eigenvalue weighted by Gasteiger charge is -2.16. The first-order chi connectivity index (χ1) is 8.41. The highest BCUT2D eigenvalue weighted by Gasteiger charge is 2.35. The third-order valence-corrected chi connectivity index (χ3v) is 3.12. The largest absolute Gasteiger partial charge is 0.457 e. The van der Waals surface area contributed by atoms with E-state index < -0.39 is 17.8 Å². The summed E-state index contributed by atoms with van der Waals surface area (Å²) in [6.45, 7) is 0. The molecule has 2 heterocycles. The summed E-state index contributed by atoms with van der Waals surface area (Å²) in [5.41, 5.74) is 5.38. The van der Waals surface area contributed by atoms with Crippen LogP contribution in [0.5, 0.6) is 0 Å². The van der Waals surface area contributed by atoms with Gasteiger partial charge < -0.3 is 10.2 Å². The van der Waals surface area contributed by atoms with Gasteiger partial charge in [0.1, 0.15) is 0 Å². The van der Waals surface area contributed by atoms with Crippen LogP contribution in [0.15, 0.2) is 39.9 Å². The van der Waals surface area contributed by atoms with Gasteiger partial charge in [0.05, 0.1) is 17.9 Å². The topological polar surface area (TPSA) is 52.0 Å². The standard InChI is InChI=1S/C11H8BrF3N2O/c12-10-6(2-4-18-10)9(16)7-5-17-3-1-8(7)11(13,14)15/h1-5,9H,16H2. The van der Waals surface area contributed by atoms with Gasteiger partial charge in [0.15, 0.2) is 4.67 Å². The number of pyridine rings is 1. The van der Waals surface area contributed by atoms with Crippen molar-refractivity contribution in [3.05, 3.63) is 52.1 Å². The molecular weight excluding hydrogens is 313 g/mol. The third-order valence-electron chi connectivity index (χ3n) is 2.47. The van der Waals surface area contributed by atoms with Gasteiger partial charge in [0, 0.05) is 23.5 Å². The predicted molar refractivity (Wildman–Crippen MR) is 61.7 cm³/mol. The van der Waals surface area contributed by atoms with Crippen LogP contribution < -0.4 is 5.73 Å². The van der Waals surface area contributed by atoms with Crippen LogP contribution in [-0.2, 0) is 6.18 Å². The van der Waals surface area contributed by atoms with Gasteiger partial charge in [-0.15, -0.1) is 0 Å². The van der Waals surface area contributed by atoms with E-state index in [1.807, 2.05) is 0 Å². The van der Waals surface area contributed by atoms with Gasteiger partial charge in [-0.25, -0.2) is 0 Å². The lowest BCUT2D eigenvalue weighted by Crippen LogP contribution is -2.18. The molecule has 18 heavy (non-hydrogen) atoms. The van der Waals surface area contributed by atoms with E-state index in [0.29, 0.717) is 10.2 Å². The van der Waals surface area contributed by atoms with Crippen LogP contribution in [0.2, 0.25) is 0 Å². The van der Waals surface area contributed by atoms with Crippen LogP contribution in [-0.4, -0.2) is 4.98 Å². The van der Waals surface area contributed by atoms with E-state index in [9.17, 15) is 13.2 Å². The first-order valence-corrected chi connectivity index (χ1v) is 5.70. The lowest BCUT2D eigenvalue weighted by atomic mass is 9.99. The maximum absolute atomic E-state index is 12.8. The number of rotatable bonds is 2. The van der Waals surface area contributed by atoms with Crippen molar-refractivity contribution in [3.63, 3.8) is 0 Å². The summed E-state index contributed by atoms with van der Waals surface area (Å²) in [6.07, 6.45) is -0.911. The van der Waals surface area contributed by atoms with Gasteiger partial charge in [-0.3, -0.25) is 4.98 Å². The Morgan fingerprint density at radius 3 is 2.56 bits per heavy atom. The zero-order valence-electron chi connectivity index (χ0n) is 8.91. The van der Waals surface area contributed by atoms with E-state index in [0.717, 1.165) is 18.5 Å². The van der Waals surface area contributed by atoms with Crippen LogP contribution in [0.4, 0.5) is 13.2 Å². The second-order valence-electron chi connectivity index (χ2n) is 3.59. The van der Waals surface area contributed by atoms with E-state index >= 15 is 0 Å². The number of nitrogens with two attached hydrogens (primary N) is 1. The molecule has 0 saturated carbocycles. The molecule has 0 aliphatic heterocycles. The molecule has 2 aromatic rings. The molecule has 3 nitrogen and oxygen atoms in total. The van der Waals surface area contributed by atoms with Crippen LogP contribution >= 0.6 is 15.9 Å². The van der Waals surface area contributed by atoms with Crippen LogP contribution in [0.25, 0.3) is 0 Å². The number of hydrogen-bond donors (Lipinski definition) is 1. The van der Waals surface area contributed by atoms with Crippen LogP contribution in [0, 0.1) is 0 Å². The summed E-state index contributed by atoms with van der Waals surface area (Å²) in [7, 11) is 0. The Morgan fingerprint density at radius 1 is 1.28 bits per heavy atom. The Hall–Kier alpha value is -1.34. The highest BCUT2D eigenvalue weighted by Crippen LogP contribution is 2.36. The molecule has 7 heteroatoms. The van der Waals surface area contributed by atoms with Crippen molar-refractivity contribution in [2.24, 2.45) is 5.73 Å². The van der Waals surface area contributed by atoms with Gasteiger partial charge in [0.25, 0.3) is 0 Å².